The Kier molecular flexibility index (Phi) is 8.08. The molecule has 7 nitrogen and oxygen atoms in total. The lowest BCUT2D eigenvalue weighted by Gasteiger charge is -2.31. The third kappa shape index (κ3) is 6.21. The van der Waals surface area contributed by atoms with Crippen molar-refractivity contribution in [2.24, 2.45) is 0 Å². The number of nitrogens with zero attached hydrogens (tertiary/aromatic N) is 2. The number of carbonyl (C=O) groups is 2. The number of carbonyl (C=O) groups excluding carboxylic acids is 2. The SMILES string of the molecule is CNC(=O)[C@@H](C)N(Cc1ccccc1Cl)C(=O)CN(c1ccc(C)cc1C)S(C)(=O)=O. The molecule has 1 N–H and O–H groups in total. The van der Waals surface area contributed by atoms with Crippen LogP contribution in [0.4, 0.5) is 5.69 Å². The quantitative estimate of drug-likeness (QED) is 0.649. The Labute approximate surface area is 189 Å². The summed E-state index contributed by atoms with van der Waals surface area (Å²) in [4.78, 5) is 27.0. The minimum Gasteiger partial charge on any atom is -0.357 e. The second-order valence-electron chi connectivity index (χ2n) is 7.46. The first kappa shape index (κ1) is 24.7. The van der Waals surface area contributed by atoms with Crippen molar-refractivity contribution in [2.45, 2.75) is 33.4 Å². The molecule has 9 heteroatoms. The molecule has 0 aliphatic rings. The number of halogens is 1. The molecule has 0 aliphatic carbocycles. The van der Waals surface area contributed by atoms with Crippen LogP contribution >= 0.6 is 11.6 Å². The standard InChI is InChI=1S/C22H28ClN3O4S/c1-15-10-11-20(16(2)12-15)26(31(5,29)30)14-21(27)25(17(3)22(28)24-4)13-18-8-6-7-9-19(18)23/h6-12,17H,13-14H2,1-5H3,(H,24,28)/t17-/m1/s1. The van der Waals surface area contributed by atoms with Crippen LogP contribution in [0.3, 0.4) is 0 Å². The van der Waals surface area contributed by atoms with Gasteiger partial charge in [-0.1, -0.05) is 47.5 Å². The summed E-state index contributed by atoms with van der Waals surface area (Å²) in [6.07, 6.45) is 1.06. The van der Waals surface area contributed by atoms with Gasteiger partial charge in [0.2, 0.25) is 21.8 Å². The number of anilines is 1. The predicted octanol–water partition coefficient (Wildman–Crippen LogP) is 2.89. The van der Waals surface area contributed by atoms with Crippen molar-refractivity contribution in [2.75, 3.05) is 24.2 Å². The van der Waals surface area contributed by atoms with Gasteiger partial charge in [0.1, 0.15) is 12.6 Å². The van der Waals surface area contributed by atoms with Crippen molar-refractivity contribution in [3.63, 3.8) is 0 Å². The maximum atomic E-state index is 13.3. The van der Waals surface area contributed by atoms with E-state index < -0.39 is 28.5 Å². The van der Waals surface area contributed by atoms with Crippen LogP contribution in [0, 0.1) is 13.8 Å². The van der Waals surface area contributed by atoms with E-state index in [0.29, 0.717) is 16.3 Å². The van der Waals surface area contributed by atoms with Gasteiger partial charge in [0.25, 0.3) is 0 Å². The molecule has 0 saturated carbocycles. The van der Waals surface area contributed by atoms with Gasteiger partial charge in [0.15, 0.2) is 0 Å². The molecular formula is C22H28ClN3O4S. The molecule has 0 fully saturated rings. The summed E-state index contributed by atoms with van der Waals surface area (Å²) in [6.45, 7) is 4.92. The van der Waals surface area contributed by atoms with Gasteiger partial charge in [-0.3, -0.25) is 13.9 Å². The van der Waals surface area contributed by atoms with E-state index >= 15 is 0 Å². The summed E-state index contributed by atoms with van der Waals surface area (Å²) < 4.78 is 26.2. The average Bonchev–Trinajstić information content (AvgIpc) is 2.70. The molecule has 0 aliphatic heterocycles. The van der Waals surface area contributed by atoms with E-state index in [1.54, 1.807) is 50.2 Å². The number of benzene rings is 2. The number of nitrogens with one attached hydrogen (secondary N) is 1. The lowest BCUT2D eigenvalue weighted by molar-refractivity contribution is -0.139. The number of sulfonamides is 1. The van der Waals surface area contributed by atoms with E-state index in [4.69, 9.17) is 11.6 Å². The Morgan fingerprint density at radius 1 is 1.13 bits per heavy atom. The molecule has 0 spiro atoms. The molecule has 0 heterocycles. The second-order valence-corrected chi connectivity index (χ2v) is 9.78. The zero-order valence-electron chi connectivity index (χ0n) is 18.3. The fraction of sp³-hybridized carbons (Fsp3) is 0.364. The predicted molar refractivity (Wildman–Crippen MR) is 124 cm³/mol. The molecule has 2 rings (SSSR count). The summed E-state index contributed by atoms with van der Waals surface area (Å²) in [5.74, 6) is -0.876. The van der Waals surface area contributed by atoms with E-state index in [1.165, 1.54) is 11.9 Å². The minimum absolute atomic E-state index is 0.0670. The minimum atomic E-state index is -3.76. The second kappa shape index (κ2) is 10.2. The zero-order valence-corrected chi connectivity index (χ0v) is 19.9. The van der Waals surface area contributed by atoms with Crippen LogP contribution in [-0.4, -0.2) is 51.0 Å². The van der Waals surface area contributed by atoms with Crippen LogP contribution in [-0.2, 0) is 26.2 Å². The number of amides is 2. The normalized spacial score (nSPS) is 12.2. The first-order valence-electron chi connectivity index (χ1n) is 9.75. The van der Waals surface area contributed by atoms with Crippen LogP contribution in [0.1, 0.15) is 23.6 Å². The Bertz CT molecular complexity index is 1070. The van der Waals surface area contributed by atoms with Crippen molar-refractivity contribution >= 4 is 39.1 Å². The lowest BCUT2D eigenvalue weighted by atomic mass is 10.1. The fourth-order valence-corrected chi connectivity index (χ4v) is 4.38. The highest BCUT2D eigenvalue weighted by Gasteiger charge is 2.30. The van der Waals surface area contributed by atoms with Crippen LogP contribution in [0.15, 0.2) is 42.5 Å². The van der Waals surface area contributed by atoms with Gasteiger partial charge in [0, 0.05) is 18.6 Å². The summed E-state index contributed by atoms with van der Waals surface area (Å²) in [6, 6.07) is 11.5. The Morgan fingerprint density at radius 2 is 1.77 bits per heavy atom. The monoisotopic (exact) mass is 465 g/mol. The van der Waals surface area contributed by atoms with Gasteiger partial charge in [-0.2, -0.15) is 0 Å². The van der Waals surface area contributed by atoms with Gasteiger partial charge in [0.05, 0.1) is 11.9 Å². The number of rotatable bonds is 8. The number of likely N-dealkylation sites (N-methyl/N-ethyl adjacent to an activating group) is 1. The highest BCUT2D eigenvalue weighted by molar-refractivity contribution is 7.92. The van der Waals surface area contributed by atoms with Crippen molar-refractivity contribution in [3.05, 3.63) is 64.2 Å². The fourth-order valence-electron chi connectivity index (χ4n) is 3.28. The summed E-state index contributed by atoms with van der Waals surface area (Å²) in [5, 5.41) is 2.99. The van der Waals surface area contributed by atoms with Crippen LogP contribution in [0.5, 0.6) is 0 Å². The first-order valence-corrected chi connectivity index (χ1v) is 12.0. The highest BCUT2D eigenvalue weighted by Crippen LogP contribution is 2.25. The molecule has 0 bridgehead atoms. The van der Waals surface area contributed by atoms with Gasteiger partial charge >= 0.3 is 0 Å². The molecule has 0 radical (unpaired) electrons. The first-order chi connectivity index (χ1) is 14.5. The Morgan fingerprint density at radius 3 is 2.32 bits per heavy atom. The summed E-state index contributed by atoms with van der Waals surface area (Å²) >= 11 is 6.26. The molecule has 2 aromatic carbocycles. The lowest BCUT2D eigenvalue weighted by Crippen LogP contribution is -2.50. The smallest absolute Gasteiger partial charge is 0.244 e. The number of hydrogen-bond donors (Lipinski definition) is 1. The van der Waals surface area contributed by atoms with Crippen molar-refractivity contribution in [3.8, 4) is 0 Å². The van der Waals surface area contributed by atoms with E-state index in [-0.39, 0.29) is 12.5 Å². The molecule has 2 amide bonds. The van der Waals surface area contributed by atoms with E-state index in [1.807, 2.05) is 13.0 Å². The topological polar surface area (TPSA) is 86.8 Å². The maximum absolute atomic E-state index is 13.3. The molecule has 2 aromatic rings. The number of aryl methyl sites for hydroxylation is 2. The third-order valence-electron chi connectivity index (χ3n) is 5.01. The molecule has 0 saturated heterocycles. The van der Waals surface area contributed by atoms with E-state index in [0.717, 1.165) is 21.7 Å². The molecule has 31 heavy (non-hydrogen) atoms. The average molecular weight is 466 g/mol. The van der Waals surface area contributed by atoms with Gasteiger partial charge < -0.3 is 10.2 Å². The Balaban J connectivity index is 2.43. The maximum Gasteiger partial charge on any atom is 0.244 e. The van der Waals surface area contributed by atoms with Crippen molar-refractivity contribution in [1.82, 2.24) is 10.2 Å². The van der Waals surface area contributed by atoms with Crippen LogP contribution < -0.4 is 9.62 Å². The van der Waals surface area contributed by atoms with E-state index in [9.17, 15) is 18.0 Å². The number of hydrogen-bond acceptors (Lipinski definition) is 4. The third-order valence-corrected chi connectivity index (χ3v) is 6.51. The van der Waals surface area contributed by atoms with Gasteiger partial charge in [-0.25, -0.2) is 8.42 Å². The molecule has 168 valence electrons. The summed E-state index contributed by atoms with van der Waals surface area (Å²) in [7, 11) is -2.27. The summed E-state index contributed by atoms with van der Waals surface area (Å²) in [5.41, 5.74) is 2.79. The molecule has 0 aromatic heterocycles. The molecular weight excluding hydrogens is 438 g/mol. The Hall–Kier alpha value is -2.58. The molecule has 1 atom stereocenters. The van der Waals surface area contributed by atoms with Crippen molar-refractivity contribution in [1.29, 1.82) is 0 Å². The highest BCUT2D eigenvalue weighted by atomic mass is 35.5. The molecule has 0 unspecified atom stereocenters. The van der Waals surface area contributed by atoms with Gasteiger partial charge in [-0.05, 0) is 44.0 Å². The van der Waals surface area contributed by atoms with Gasteiger partial charge in [-0.15, -0.1) is 0 Å². The van der Waals surface area contributed by atoms with Crippen LogP contribution in [0.2, 0.25) is 5.02 Å². The zero-order chi connectivity index (χ0) is 23.3. The van der Waals surface area contributed by atoms with Crippen molar-refractivity contribution < 1.29 is 18.0 Å². The largest absolute Gasteiger partial charge is 0.357 e. The van der Waals surface area contributed by atoms with Crippen LogP contribution in [0.25, 0.3) is 0 Å². The van der Waals surface area contributed by atoms with E-state index in [2.05, 4.69) is 5.32 Å².